The van der Waals surface area contributed by atoms with Crippen LogP contribution in [-0.2, 0) is 6.54 Å². The molecule has 1 N–H and O–H groups in total. The van der Waals surface area contributed by atoms with Gasteiger partial charge in [-0.2, -0.15) is 0 Å². The second-order valence-corrected chi connectivity index (χ2v) is 2.77. The van der Waals surface area contributed by atoms with Gasteiger partial charge >= 0.3 is 0 Å². The van der Waals surface area contributed by atoms with Crippen LogP contribution in [0.25, 0.3) is 0 Å². The molecule has 1 nitrogen and oxygen atoms in total. The summed E-state index contributed by atoms with van der Waals surface area (Å²) in [4.78, 5) is 0. The molecule has 0 radical (unpaired) electrons. The van der Waals surface area contributed by atoms with Crippen molar-refractivity contribution >= 4 is 0 Å². The maximum Gasteiger partial charge on any atom is 0.127 e. The lowest BCUT2D eigenvalue weighted by Crippen LogP contribution is -2.14. The van der Waals surface area contributed by atoms with Gasteiger partial charge in [0, 0.05) is 12.1 Å². The summed E-state index contributed by atoms with van der Waals surface area (Å²) < 4.78 is 13.0. The van der Waals surface area contributed by atoms with Crippen LogP contribution < -0.4 is 5.32 Å². The molecule has 0 fully saturated rings. The third-order valence-corrected chi connectivity index (χ3v) is 1.70. The fourth-order valence-corrected chi connectivity index (χ4v) is 1.04. The summed E-state index contributed by atoms with van der Waals surface area (Å²) in [7, 11) is 0. The molecule has 0 atom stereocenters. The fourth-order valence-electron chi connectivity index (χ4n) is 1.04. The lowest BCUT2D eigenvalue weighted by atomic mass is 10.2. The minimum absolute atomic E-state index is 0.124. The van der Waals surface area contributed by atoms with Gasteiger partial charge in [-0.05, 0) is 19.0 Å². The third kappa shape index (κ3) is 13.2. The zero-order valence-electron chi connectivity index (χ0n) is 13.3. The van der Waals surface area contributed by atoms with E-state index in [0.29, 0.717) is 6.54 Å². The summed E-state index contributed by atoms with van der Waals surface area (Å²) in [5.41, 5.74) is 0.742. The monoisotopic (exact) mass is 257 g/mol. The van der Waals surface area contributed by atoms with Crippen LogP contribution in [0.4, 0.5) is 4.39 Å². The minimum atomic E-state index is -0.124. The Morgan fingerprint density at radius 1 is 0.944 bits per heavy atom. The number of hydrogen-bond acceptors (Lipinski definition) is 1. The van der Waals surface area contributed by atoms with E-state index in [1.807, 2.05) is 47.6 Å². The molecule has 1 aromatic rings. The summed E-state index contributed by atoms with van der Waals surface area (Å²) in [6, 6.07) is 6.85. The Hall–Kier alpha value is -0.890. The molecule has 2 heteroatoms. The Morgan fingerprint density at radius 2 is 1.44 bits per heavy atom. The van der Waals surface area contributed by atoms with Crippen molar-refractivity contribution < 1.29 is 4.39 Å². The first kappa shape index (κ1) is 22.3. The molecule has 0 aliphatic carbocycles. The highest BCUT2D eigenvalue weighted by Crippen LogP contribution is 2.04. The Bertz CT molecular complexity index is 236. The molecule has 0 amide bonds. The molecule has 0 bridgehead atoms. The predicted octanol–water partition coefficient (Wildman–Crippen LogP) is 5.40. The first-order valence-electron chi connectivity index (χ1n) is 7.28. The van der Waals surface area contributed by atoms with E-state index >= 15 is 0 Å². The van der Waals surface area contributed by atoms with Crippen molar-refractivity contribution in [2.75, 3.05) is 6.54 Å². The zero-order chi connectivity index (χ0) is 14.8. The van der Waals surface area contributed by atoms with Gasteiger partial charge in [-0.1, -0.05) is 66.7 Å². The summed E-state index contributed by atoms with van der Waals surface area (Å²) in [5.74, 6) is -0.124. The molecule has 0 heterocycles. The molecule has 1 rings (SSSR count). The largest absolute Gasteiger partial charge is 0.313 e. The van der Waals surface area contributed by atoms with Crippen molar-refractivity contribution in [3.63, 3.8) is 0 Å². The number of halogens is 1. The maximum absolute atomic E-state index is 13.0. The SMILES string of the molecule is CC.CC.CC.CCCNCc1ccccc1F. The highest BCUT2D eigenvalue weighted by Gasteiger charge is 1.97. The van der Waals surface area contributed by atoms with Crippen molar-refractivity contribution in [3.8, 4) is 0 Å². The van der Waals surface area contributed by atoms with E-state index in [0.717, 1.165) is 18.5 Å². The van der Waals surface area contributed by atoms with E-state index < -0.39 is 0 Å². The summed E-state index contributed by atoms with van der Waals surface area (Å²) in [6.45, 7) is 15.7. The van der Waals surface area contributed by atoms with Gasteiger partial charge in [-0.25, -0.2) is 4.39 Å². The molecule has 0 aromatic heterocycles. The predicted molar refractivity (Wildman–Crippen MR) is 82.4 cm³/mol. The molecule has 18 heavy (non-hydrogen) atoms. The van der Waals surface area contributed by atoms with Crippen LogP contribution in [0.5, 0.6) is 0 Å². The zero-order valence-corrected chi connectivity index (χ0v) is 13.3. The Kier molecular flexibility index (Phi) is 26.5. The van der Waals surface area contributed by atoms with Crippen molar-refractivity contribution in [2.24, 2.45) is 0 Å². The lowest BCUT2D eigenvalue weighted by Gasteiger charge is -2.03. The highest BCUT2D eigenvalue weighted by atomic mass is 19.1. The van der Waals surface area contributed by atoms with E-state index in [1.54, 1.807) is 12.1 Å². The van der Waals surface area contributed by atoms with Crippen LogP contribution in [0.3, 0.4) is 0 Å². The standard InChI is InChI=1S/C10H14FN.3C2H6/c1-2-7-12-8-9-5-3-4-6-10(9)11;3*1-2/h3-6,12H,2,7-8H2,1H3;3*1-2H3. The van der Waals surface area contributed by atoms with Gasteiger partial charge in [0.25, 0.3) is 0 Å². The van der Waals surface area contributed by atoms with Crippen LogP contribution in [0, 0.1) is 5.82 Å². The van der Waals surface area contributed by atoms with Gasteiger partial charge in [0.05, 0.1) is 0 Å². The van der Waals surface area contributed by atoms with Gasteiger partial charge in [0.2, 0.25) is 0 Å². The summed E-state index contributed by atoms with van der Waals surface area (Å²) in [6.07, 6.45) is 1.08. The van der Waals surface area contributed by atoms with Gasteiger partial charge in [0.1, 0.15) is 5.82 Å². The molecule has 0 unspecified atom stereocenters. The highest BCUT2D eigenvalue weighted by molar-refractivity contribution is 5.16. The van der Waals surface area contributed by atoms with E-state index in [2.05, 4.69) is 12.2 Å². The van der Waals surface area contributed by atoms with Crippen LogP contribution in [0.2, 0.25) is 0 Å². The molecule has 0 spiro atoms. The van der Waals surface area contributed by atoms with Crippen molar-refractivity contribution in [1.29, 1.82) is 0 Å². The molecular formula is C16H32FN. The first-order chi connectivity index (χ1) is 8.84. The summed E-state index contributed by atoms with van der Waals surface area (Å²) in [5, 5.41) is 3.15. The smallest absolute Gasteiger partial charge is 0.127 e. The average molecular weight is 257 g/mol. The number of nitrogens with one attached hydrogen (secondary N) is 1. The molecule has 0 aliphatic heterocycles. The van der Waals surface area contributed by atoms with Gasteiger partial charge in [-0.3, -0.25) is 0 Å². The lowest BCUT2D eigenvalue weighted by molar-refractivity contribution is 0.586. The quantitative estimate of drug-likeness (QED) is 0.712. The van der Waals surface area contributed by atoms with Gasteiger partial charge in [0.15, 0.2) is 0 Å². The van der Waals surface area contributed by atoms with Crippen molar-refractivity contribution in [3.05, 3.63) is 35.6 Å². The second kappa shape index (κ2) is 21.4. The molecular weight excluding hydrogens is 225 g/mol. The van der Waals surface area contributed by atoms with Gasteiger partial charge in [-0.15, -0.1) is 0 Å². The molecule has 0 saturated carbocycles. The van der Waals surface area contributed by atoms with Crippen LogP contribution in [0.15, 0.2) is 24.3 Å². The van der Waals surface area contributed by atoms with Crippen molar-refractivity contribution in [2.45, 2.75) is 61.4 Å². The Balaban J connectivity index is -0.000000328. The fraction of sp³-hybridized carbons (Fsp3) is 0.625. The van der Waals surface area contributed by atoms with E-state index in [9.17, 15) is 4.39 Å². The third-order valence-electron chi connectivity index (χ3n) is 1.70. The summed E-state index contributed by atoms with van der Waals surface area (Å²) >= 11 is 0. The minimum Gasteiger partial charge on any atom is -0.313 e. The molecule has 0 saturated heterocycles. The molecule has 1 aromatic carbocycles. The van der Waals surface area contributed by atoms with E-state index in [-0.39, 0.29) is 5.82 Å². The number of benzene rings is 1. The number of hydrogen-bond donors (Lipinski definition) is 1. The molecule has 108 valence electrons. The molecule has 0 aliphatic rings. The van der Waals surface area contributed by atoms with Crippen LogP contribution in [0.1, 0.15) is 60.5 Å². The normalized spacial score (nSPS) is 7.78. The Labute approximate surface area is 114 Å². The Morgan fingerprint density at radius 3 is 1.89 bits per heavy atom. The van der Waals surface area contributed by atoms with Crippen LogP contribution in [-0.4, -0.2) is 6.54 Å². The van der Waals surface area contributed by atoms with Gasteiger partial charge < -0.3 is 5.32 Å². The maximum atomic E-state index is 13.0. The van der Waals surface area contributed by atoms with E-state index in [4.69, 9.17) is 0 Å². The second-order valence-electron chi connectivity index (χ2n) is 2.77. The number of rotatable bonds is 4. The van der Waals surface area contributed by atoms with Crippen LogP contribution >= 0.6 is 0 Å². The first-order valence-corrected chi connectivity index (χ1v) is 7.28. The van der Waals surface area contributed by atoms with E-state index in [1.165, 1.54) is 6.07 Å². The topological polar surface area (TPSA) is 12.0 Å². The average Bonchev–Trinajstić information content (AvgIpc) is 2.48. The van der Waals surface area contributed by atoms with Crippen molar-refractivity contribution in [1.82, 2.24) is 5.32 Å².